The minimum absolute atomic E-state index is 0.0396. The number of benzene rings is 2. The Morgan fingerprint density at radius 3 is 2.57 bits per heavy atom. The van der Waals surface area contributed by atoms with E-state index >= 15 is 0 Å². The number of para-hydroxylation sites is 1. The highest BCUT2D eigenvalue weighted by Gasteiger charge is 2.29. The van der Waals surface area contributed by atoms with Gasteiger partial charge in [-0.15, -0.1) is 0 Å². The molecule has 6 nitrogen and oxygen atoms in total. The normalized spacial score (nSPS) is 15.1. The molecule has 1 amide bonds. The summed E-state index contributed by atoms with van der Waals surface area (Å²) in [5, 5.41) is 0.475. The van der Waals surface area contributed by atoms with E-state index in [-0.39, 0.29) is 10.8 Å². The third-order valence-corrected chi connectivity index (χ3v) is 8.01. The van der Waals surface area contributed by atoms with Gasteiger partial charge in [-0.1, -0.05) is 49.1 Å². The van der Waals surface area contributed by atoms with Crippen LogP contribution in [0.25, 0.3) is 0 Å². The molecule has 196 valence electrons. The maximum atomic E-state index is 13.3. The predicted molar refractivity (Wildman–Crippen MR) is 151 cm³/mol. The van der Waals surface area contributed by atoms with Crippen LogP contribution in [0.3, 0.4) is 0 Å². The second-order valence-electron chi connectivity index (χ2n) is 10.0. The van der Waals surface area contributed by atoms with Crippen LogP contribution in [-0.4, -0.2) is 22.2 Å². The fraction of sp³-hybridized carbons (Fsp3) is 0.393. The lowest BCUT2D eigenvalue weighted by atomic mass is 9.80. The molecule has 0 bridgehead atoms. The molecule has 0 saturated heterocycles. The Morgan fingerprint density at radius 2 is 1.95 bits per heavy atom. The van der Waals surface area contributed by atoms with Crippen molar-refractivity contribution in [3.63, 3.8) is 0 Å². The van der Waals surface area contributed by atoms with E-state index in [4.69, 9.17) is 38.0 Å². The number of amides is 1. The highest BCUT2D eigenvalue weighted by atomic mass is 35.5. The monoisotopic (exact) mass is 558 g/mol. The molecule has 1 unspecified atom stereocenters. The fourth-order valence-corrected chi connectivity index (χ4v) is 5.41. The van der Waals surface area contributed by atoms with Gasteiger partial charge in [-0.05, 0) is 75.0 Å². The lowest BCUT2D eigenvalue weighted by Gasteiger charge is -2.29. The van der Waals surface area contributed by atoms with Crippen molar-refractivity contribution in [1.29, 1.82) is 0 Å². The summed E-state index contributed by atoms with van der Waals surface area (Å²) >= 11 is 13.1. The van der Waals surface area contributed by atoms with Crippen molar-refractivity contribution in [2.75, 3.05) is 7.11 Å². The SMILES string of the molecule is COc1ccc(Cl)cc1C(=O)N=c1sn(C(C)(C)C)cc1C(CC1CCC1)OC(=S)Oc1ccccc1. The molecule has 1 heterocycles. The van der Waals surface area contributed by atoms with Crippen LogP contribution >= 0.6 is 35.4 Å². The molecule has 2 aromatic carbocycles. The first-order valence-corrected chi connectivity index (χ1v) is 13.8. The Bertz CT molecular complexity index is 1320. The molecule has 4 rings (SSSR count). The van der Waals surface area contributed by atoms with E-state index in [0.29, 0.717) is 32.7 Å². The number of carbonyl (C=O) groups is 1. The summed E-state index contributed by atoms with van der Waals surface area (Å²) in [6.07, 6.45) is 5.85. The number of hydrogen-bond acceptors (Lipinski definition) is 6. The van der Waals surface area contributed by atoms with Crippen molar-refractivity contribution in [3.8, 4) is 11.5 Å². The van der Waals surface area contributed by atoms with Crippen LogP contribution < -0.4 is 14.1 Å². The van der Waals surface area contributed by atoms with Crippen LogP contribution in [0.5, 0.6) is 11.5 Å². The second-order valence-corrected chi connectivity index (χ2v) is 11.8. The van der Waals surface area contributed by atoms with Crippen molar-refractivity contribution < 1.29 is 19.0 Å². The molecule has 1 fully saturated rings. The molecule has 0 aliphatic heterocycles. The van der Waals surface area contributed by atoms with Crippen LogP contribution in [0.2, 0.25) is 5.02 Å². The molecule has 3 aromatic rings. The molecular weight excluding hydrogens is 528 g/mol. The van der Waals surface area contributed by atoms with E-state index in [2.05, 4.69) is 29.7 Å². The van der Waals surface area contributed by atoms with Gasteiger partial charge in [-0.3, -0.25) is 8.75 Å². The predicted octanol–water partition coefficient (Wildman–Crippen LogP) is 7.32. The molecule has 1 aromatic heterocycles. The van der Waals surface area contributed by atoms with Gasteiger partial charge in [-0.2, -0.15) is 4.99 Å². The zero-order chi connectivity index (χ0) is 26.6. The van der Waals surface area contributed by atoms with Gasteiger partial charge < -0.3 is 14.2 Å². The molecule has 1 atom stereocenters. The van der Waals surface area contributed by atoms with Crippen LogP contribution in [0.1, 0.15) is 68.5 Å². The quantitative estimate of drug-likeness (QED) is 0.284. The Labute approximate surface area is 232 Å². The molecule has 9 heteroatoms. The fourth-order valence-electron chi connectivity index (χ4n) is 3.98. The number of ether oxygens (including phenoxy) is 3. The first-order chi connectivity index (χ1) is 17.6. The van der Waals surface area contributed by atoms with E-state index in [0.717, 1.165) is 24.8 Å². The minimum atomic E-state index is -0.436. The lowest BCUT2D eigenvalue weighted by molar-refractivity contribution is 0.0992. The molecule has 1 aliphatic rings. The summed E-state index contributed by atoms with van der Waals surface area (Å²) in [6, 6.07) is 14.2. The summed E-state index contributed by atoms with van der Waals surface area (Å²) in [5.74, 6) is 1.11. The van der Waals surface area contributed by atoms with Gasteiger partial charge >= 0.3 is 5.24 Å². The zero-order valence-corrected chi connectivity index (χ0v) is 23.8. The first-order valence-electron chi connectivity index (χ1n) is 12.2. The molecule has 1 saturated carbocycles. The number of carbonyl (C=O) groups excluding carboxylic acids is 1. The average Bonchev–Trinajstić information content (AvgIpc) is 3.25. The summed E-state index contributed by atoms with van der Waals surface area (Å²) in [5.41, 5.74) is 0.891. The molecule has 0 N–H and O–H groups in total. The van der Waals surface area contributed by atoms with Gasteiger partial charge in [0.15, 0.2) is 0 Å². The number of halogens is 1. The lowest BCUT2D eigenvalue weighted by Crippen LogP contribution is -2.24. The Kier molecular flexibility index (Phi) is 8.72. The zero-order valence-electron chi connectivity index (χ0n) is 21.4. The van der Waals surface area contributed by atoms with Crippen molar-refractivity contribution in [2.24, 2.45) is 10.9 Å². The molecule has 0 radical (unpaired) electrons. The van der Waals surface area contributed by atoms with Crippen molar-refractivity contribution in [2.45, 2.75) is 58.1 Å². The maximum absolute atomic E-state index is 13.3. The average molecular weight is 559 g/mol. The highest BCUT2D eigenvalue weighted by Crippen LogP contribution is 2.37. The third kappa shape index (κ3) is 7.00. The summed E-state index contributed by atoms with van der Waals surface area (Å²) in [6.45, 7) is 6.30. The van der Waals surface area contributed by atoms with Crippen LogP contribution in [-0.2, 0) is 10.3 Å². The van der Waals surface area contributed by atoms with Gasteiger partial charge in [0.05, 0.1) is 12.7 Å². The highest BCUT2D eigenvalue weighted by molar-refractivity contribution is 7.79. The summed E-state index contributed by atoms with van der Waals surface area (Å²) in [7, 11) is 1.51. The van der Waals surface area contributed by atoms with E-state index < -0.39 is 12.0 Å². The number of rotatable bonds is 7. The van der Waals surface area contributed by atoms with Crippen molar-refractivity contribution in [3.05, 3.63) is 75.5 Å². The summed E-state index contributed by atoms with van der Waals surface area (Å²) < 4.78 is 20.1. The number of thiocarbonyl (C=S) groups is 1. The first kappa shape index (κ1) is 27.4. The van der Waals surface area contributed by atoms with Gasteiger partial charge in [-0.25, -0.2) is 0 Å². The van der Waals surface area contributed by atoms with Crippen LogP contribution in [0.4, 0.5) is 0 Å². The van der Waals surface area contributed by atoms with E-state index in [1.165, 1.54) is 25.1 Å². The maximum Gasteiger partial charge on any atom is 0.358 e. The van der Waals surface area contributed by atoms with E-state index in [1.807, 2.05) is 36.5 Å². The standard InChI is InChI=1S/C28H31ClN2O4S2/c1-28(2,3)31-17-22(26(37-31)30-25(32)21-16-19(29)13-14-23(21)33-4)24(15-18-9-8-10-18)35-27(36)34-20-11-6-5-7-12-20/h5-7,11-14,16-18,24H,8-10,15H2,1-4H3. The molecular formula is C28H31ClN2O4S2. The van der Waals surface area contributed by atoms with Crippen molar-refractivity contribution >= 4 is 46.5 Å². The Morgan fingerprint density at radius 1 is 1.22 bits per heavy atom. The minimum Gasteiger partial charge on any atom is -0.496 e. The number of nitrogens with zero attached hydrogens (tertiary/aromatic N) is 2. The molecule has 37 heavy (non-hydrogen) atoms. The van der Waals surface area contributed by atoms with Gasteiger partial charge in [0, 0.05) is 34.5 Å². The van der Waals surface area contributed by atoms with Gasteiger partial charge in [0.2, 0.25) is 0 Å². The second kappa shape index (κ2) is 11.8. The number of methoxy groups -OCH3 is 1. The van der Waals surface area contributed by atoms with E-state index in [1.54, 1.807) is 18.2 Å². The molecule has 1 aliphatic carbocycles. The van der Waals surface area contributed by atoms with E-state index in [9.17, 15) is 4.79 Å². The number of aromatic nitrogens is 1. The number of hydrogen-bond donors (Lipinski definition) is 0. The van der Waals surface area contributed by atoms with Crippen LogP contribution in [0.15, 0.2) is 59.7 Å². The third-order valence-electron chi connectivity index (χ3n) is 6.25. The Balaban J connectivity index is 1.73. The molecule has 0 spiro atoms. The topological polar surface area (TPSA) is 62.0 Å². The summed E-state index contributed by atoms with van der Waals surface area (Å²) in [4.78, 5) is 17.9. The van der Waals surface area contributed by atoms with Gasteiger partial charge in [0.1, 0.15) is 22.3 Å². The van der Waals surface area contributed by atoms with Crippen molar-refractivity contribution in [1.82, 2.24) is 3.96 Å². The Hall–Kier alpha value is -2.68. The smallest absolute Gasteiger partial charge is 0.358 e. The van der Waals surface area contributed by atoms with Gasteiger partial charge in [0.25, 0.3) is 5.91 Å². The van der Waals surface area contributed by atoms with Crippen LogP contribution in [0, 0.1) is 5.92 Å². The largest absolute Gasteiger partial charge is 0.496 e.